The van der Waals surface area contributed by atoms with Gasteiger partial charge < -0.3 is 0 Å². The van der Waals surface area contributed by atoms with Gasteiger partial charge in [0.2, 0.25) is 5.30 Å². The van der Waals surface area contributed by atoms with Gasteiger partial charge in [0.15, 0.2) is 5.78 Å². The van der Waals surface area contributed by atoms with Gasteiger partial charge in [0, 0.05) is 5.56 Å². The van der Waals surface area contributed by atoms with Gasteiger partial charge in [-0.2, -0.15) is 4.89 Å². The van der Waals surface area contributed by atoms with E-state index in [1.807, 2.05) is 0 Å². The Bertz CT molecular complexity index is 283. The van der Waals surface area contributed by atoms with Crippen LogP contribution in [0.15, 0.2) is 24.3 Å². The van der Waals surface area contributed by atoms with Crippen LogP contribution in [0.1, 0.15) is 17.3 Å². The molecule has 1 aromatic rings. The third-order valence-corrected chi connectivity index (χ3v) is 2.23. The van der Waals surface area contributed by atoms with E-state index in [1.54, 1.807) is 12.1 Å². The van der Waals surface area contributed by atoms with Crippen LogP contribution in [0, 0.1) is 0 Å². The van der Waals surface area contributed by atoms with Crippen LogP contribution in [0.2, 0.25) is 0 Å². The maximum Gasteiger partial charge on any atom is 0.546 e. The van der Waals surface area contributed by atoms with Crippen LogP contribution >= 0.6 is 8.03 Å². The molecule has 1 atom stereocenters. The SMILES string of the molecule is CC(=O)c1ccc([P+](=O)O)cc1. The van der Waals surface area contributed by atoms with Gasteiger partial charge in [-0.15, -0.1) is 0 Å². The van der Waals surface area contributed by atoms with Crippen LogP contribution in [0.25, 0.3) is 0 Å². The molecule has 0 saturated carbocycles. The minimum atomic E-state index is -2.29. The lowest BCUT2D eigenvalue weighted by Gasteiger charge is -1.90. The minimum absolute atomic E-state index is 0.0466. The first kappa shape index (κ1) is 9.04. The van der Waals surface area contributed by atoms with E-state index in [0.717, 1.165) is 0 Å². The van der Waals surface area contributed by atoms with E-state index in [2.05, 4.69) is 0 Å². The monoisotopic (exact) mass is 183 g/mol. The molecule has 4 heteroatoms. The summed E-state index contributed by atoms with van der Waals surface area (Å²) in [6, 6.07) is 6.05. The van der Waals surface area contributed by atoms with Crippen LogP contribution in [-0.4, -0.2) is 10.7 Å². The van der Waals surface area contributed by atoms with Crippen LogP contribution in [0.5, 0.6) is 0 Å². The van der Waals surface area contributed by atoms with E-state index < -0.39 is 8.03 Å². The number of carbonyl (C=O) groups excluding carboxylic acids is 1. The Labute approximate surface area is 70.9 Å². The molecule has 0 fully saturated rings. The predicted molar refractivity (Wildman–Crippen MR) is 45.9 cm³/mol. The Morgan fingerprint density at radius 3 is 2.17 bits per heavy atom. The summed E-state index contributed by atoms with van der Waals surface area (Å²) < 4.78 is 10.5. The highest BCUT2D eigenvalue weighted by molar-refractivity contribution is 7.47. The molecule has 0 aliphatic heterocycles. The van der Waals surface area contributed by atoms with E-state index >= 15 is 0 Å². The average Bonchev–Trinajstić information content (AvgIpc) is 2.04. The second-order valence-electron chi connectivity index (χ2n) is 2.38. The summed E-state index contributed by atoms with van der Waals surface area (Å²) in [5.41, 5.74) is 0.551. The van der Waals surface area contributed by atoms with Gasteiger partial charge >= 0.3 is 8.03 Å². The van der Waals surface area contributed by atoms with Crippen molar-refractivity contribution in [2.45, 2.75) is 6.92 Å². The van der Waals surface area contributed by atoms with Crippen molar-refractivity contribution in [1.82, 2.24) is 0 Å². The lowest BCUT2D eigenvalue weighted by molar-refractivity contribution is 0.101. The zero-order valence-electron chi connectivity index (χ0n) is 6.52. The molecule has 62 valence electrons. The van der Waals surface area contributed by atoms with Crippen molar-refractivity contribution in [3.05, 3.63) is 29.8 Å². The molecule has 1 N–H and O–H groups in total. The van der Waals surface area contributed by atoms with Crippen molar-refractivity contribution < 1.29 is 14.3 Å². The molecule has 0 saturated heterocycles. The minimum Gasteiger partial charge on any atom is -0.295 e. The molecule has 3 nitrogen and oxygen atoms in total. The normalized spacial score (nSPS) is 11.0. The van der Waals surface area contributed by atoms with Crippen LogP contribution in [0.4, 0.5) is 0 Å². The molecule has 0 aliphatic carbocycles. The van der Waals surface area contributed by atoms with Crippen molar-refractivity contribution in [1.29, 1.82) is 0 Å². The molecule has 0 bridgehead atoms. The Morgan fingerprint density at radius 1 is 1.33 bits per heavy atom. The highest BCUT2D eigenvalue weighted by atomic mass is 31.1. The quantitative estimate of drug-likeness (QED) is 0.554. The maximum absolute atomic E-state index is 10.8. The standard InChI is InChI=1S/C8H7O3P/c1-6(9)7-2-4-8(5-3-7)12(10)11/h2-5H,1H3/p+1. The lowest BCUT2D eigenvalue weighted by Crippen LogP contribution is -1.98. The number of Topliss-reactive ketones (excluding diaryl/α,β-unsaturated/α-hetero) is 1. The highest BCUT2D eigenvalue weighted by Crippen LogP contribution is 2.12. The highest BCUT2D eigenvalue weighted by Gasteiger charge is 2.15. The zero-order valence-corrected chi connectivity index (χ0v) is 7.41. The summed E-state index contributed by atoms with van der Waals surface area (Å²) in [4.78, 5) is 19.5. The van der Waals surface area contributed by atoms with E-state index in [4.69, 9.17) is 4.89 Å². The number of hydrogen-bond donors (Lipinski definition) is 1. The molecule has 0 heterocycles. The Morgan fingerprint density at radius 2 is 1.83 bits per heavy atom. The second kappa shape index (κ2) is 3.57. The van der Waals surface area contributed by atoms with Gasteiger partial charge in [-0.25, -0.2) is 0 Å². The van der Waals surface area contributed by atoms with Crippen molar-refractivity contribution >= 4 is 19.1 Å². The predicted octanol–water partition coefficient (Wildman–Crippen LogP) is 1.25. The number of carbonyl (C=O) groups is 1. The van der Waals surface area contributed by atoms with Crippen molar-refractivity contribution in [2.75, 3.05) is 0 Å². The zero-order chi connectivity index (χ0) is 9.14. The van der Waals surface area contributed by atoms with Gasteiger partial charge in [-0.3, -0.25) is 4.79 Å². The fourth-order valence-corrected chi connectivity index (χ4v) is 1.23. The van der Waals surface area contributed by atoms with Crippen molar-refractivity contribution in [2.24, 2.45) is 0 Å². The summed E-state index contributed by atoms with van der Waals surface area (Å²) in [6.07, 6.45) is 0. The van der Waals surface area contributed by atoms with Crippen LogP contribution < -0.4 is 5.30 Å². The molecule has 0 radical (unpaired) electrons. The van der Waals surface area contributed by atoms with Gasteiger partial charge in [-0.1, -0.05) is 0 Å². The third-order valence-electron chi connectivity index (χ3n) is 1.49. The Kier molecular flexibility index (Phi) is 2.69. The first-order chi connectivity index (χ1) is 5.61. The summed E-state index contributed by atoms with van der Waals surface area (Å²) >= 11 is 0. The van der Waals surface area contributed by atoms with Gasteiger partial charge in [-0.05, 0) is 35.8 Å². The number of benzene rings is 1. The molecule has 1 aromatic carbocycles. The van der Waals surface area contributed by atoms with Crippen LogP contribution in [-0.2, 0) is 4.57 Å². The maximum atomic E-state index is 10.8. The first-order valence-electron chi connectivity index (χ1n) is 3.38. The van der Waals surface area contributed by atoms with Gasteiger partial charge in [0.25, 0.3) is 0 Å². The summed E-state index contributed by atoms with van der Waals surface area (Å²) in [5, 5.41) is 0.343. The fraction of sp³-hybridized carbons (Fsp3) is 0.125. The van der Waals surface area contributed by atoms with Crippen molar-refractivity contribution in [3.63, 3.8) is 0 Å². The fourth-order valence-electron chi connectivity index (χ4n) is 0.824. The summed E-state index contributed by atoms with van der Waals surface area (Å²) in [7, 11) is -2.29. The Balaban J connectivity index is 3.01. The molecule has 0 aliphatic rings. The molecule has 0 amide bonds. The first-order valence-corrected chi connectivity index (χ1v) is 4.59. The number of ketones is 1. The average molecular weight is 183 g/mol. The lowest BCUT2D eigenvalue weighted by atomic mass is 10.2. The molecule has 12 heavy (non-hydrogen) atoms. The largest absolute Gasteiger partial charge is 0.546 e. The summed E-state index contributed by atoms with van der Waals surface area (Å²) in [5.74, 6) is -0.0466. The molecule has 1 unspecified atom stereocenters. The summed E-state index contributed by atoms with van der Waals surface area (Å²) in [6.45, 7) is 1.45. The van der Waals surface area contributed by atoms with Crippen LogP contribution in [0.3, 0.4) is 0 Å². The molecule has 1 rings (SSSR count). The smallest absolute Gasteiger partial charge is 0.295 e. The third kappa shape index (κ3) is 1.97. The second-order valence-corrected chi connectivity index (χ2v) is 3.44. The number of hydrogen-bond acceptors (Lipinski definition) is 2. The van der Waals surface area contributed by atoms with Crippen molar-refractivity contribution in [3.8, 4) is 0 Å². The number of rotatable bonds is 2. The van der Waals surface area contributed by atoms with Gasteiger partial charge in [0.05, 0.1) is 0 Å². The molecular weight excluding hydrogens is 175 g/mol. The Hall–Kier alpha value is -1.05. The van der Waals surface area contributed by atoms with E-state index in [1.165, 1.54) is 19.1 Å². The van der Waals surface area contributed by atoms with E-state index in [9.17, 15) is 9.36 Å². The molecule has 0 spiro atoms. The van der Waals surface area contributed by atoms with E-state index in [-0.39, 0.29) is 5.78 Å². The van der Waals surface area contributed by atoms with Gasteiger partial charge in [0.1, 0.15) is 0 Å². The topological polar surface area (TPSA) is 54.4 Å². The molecule has 0 aromatic heterocycles. The van der Waals surface area contributed by atoms with E-state index in [0.29, 0.717) is 10.9 Å². The molecular formula is C8H8O3P+.